The normalized spacial score (nSPS) is 15.5. The van der Waals surface area contributed by atoms with Crippen LogP contribution in [0, 0.1) is 0 Å². The molecule has 1 saturated heterocycles. The van der Waals surface area contributed by atoms with Crippen LogP contribution in [-0.4, -0.2) is 72.7 Å². The second-order valence-electron chi connectivity index (χ2n) is 9.68. The minimum absolute atomic E-state index is 0.0389. The summed E-state index contributed by atoms with van der Waals surface area (Å²) in [6, 6.07) is -0.155. The molecule has 0 bridgehead atoms. The molecule has 1 atom stereocenters. The Balaban J connectivity index is 2.02. The number of carbonyl (C=O) groups excluding carboxylic acids is 2. The number of amides is 2. The third-order valence-electron chi connectivity index (χ3n) is 5.75. The molecular formula is C23H27Cl2F3N4O5S2. The molecule has 1 aliphatic rings. The highest BCUT2D eigenvalue weighted by Crippen LogP contribution is 2.42. The van der Waals surface area contributed by atoms with Crippen LogP contribution in [0.3, 0.4) is 0 Å². The average molecular weight is 632 g/mol. The van der Waals surface area contributed by atoms with Crippen molar-refractivity contribution in [1.29, 1.82) is 0 Å². The highest BCUT2D eigenvalue weighted by atomic mass is 35.5. The predicted octanol–water partition coefficient (Wildman–Crippen LogP) is 4.01. The third-order valence-corrected chi connectivity index (χ3v) is 9.46. The molecule has 1 unspecified atom stereocenters. The summed E-state index contributed by atoms with van der Waals surface area (Å²) in [6.07, 6.45) is -3.29. The first kappa shape index (κ1) is 31.6. The van der Waals surface area contributed by atoms with Gasteiger partial charge in [0.05, 0.1) is 32.6 Å². The highest BCUT2D eigenvalue weighted by molar-refractivity contribution is 7.89. The number of hydrogen-bond donors (Lipinski definition) is 3. The smallest absolute Gasteiger partial charge is 0.389 e. The number of aromatic nitrogens is 1. The van der Waals surface area contributed by atoms with E-state index in [1.165, 1.54) is 24.6 Å². The summed E-state index contributed by atoms with van der Waals surface area (Å²) >= 11 is 13.5. The van der Waals surface area contributed by atoms with Gasteiger partial charge in [-0.2, -0.15) is 17.9 Å². The molecule has 3 N–H and O–H groups in total. The van der Waals surface area contributed by atoms with Crippen LogP contribution in [0.5, 0.6) is 0 Å². The number of benzene rings is 1. The van der Waals surface area contributed by atoms with Gasteiger partial charge in [-0.25, -0.2) is 13.4 Å². The van der Waals surface area contributed by atoms with E-state index in [0.717, 1.165) is 30.2 Å². The van der Waals surface area contributed by atoms with Gasteiger partial charge in [0.1, 0.15) is 10.9 Å². The first-order valence-corrected chi connectivity index (χ1v) is 14.8. The number of carbonyl (C=O) groups is 2. The number of nitrogens with one attached hydrogen (secondary N) is 2. The Morgan fingerprint density at radius 3 is 2.36 bits per heavy atom. The van der Waals surface area contributed by atoms with Gasteiger partial charge in [-0.1, -0.05) is 29.3 Å². The van der Waals surface area contributed by atoms with E-state index in [1.807, 2.05) is 0 Å². The average Bonchev–Trinajstić information content (AvgIpc) is 3.48. The topological polar surface area (TPSA) is 129 Å². The Morgan fingerprint density at radius 2 is 1.79 bits per heavy atom. The van der Waals surface area contributed by atoms with Crippen LogP contribution in [0.2, 0.25) is 10.0 Å². The van der Waals surface area contributed by atoms with Crippen LogP contribution in [0.1, 0.15) is 49.1 Å². The van der Waals surface area contributed by atoms with Crippen molar-refractivity contribution in [2.75, 3.05) is 19.6 Å². The van der Waals surface area contributed by atoms with E-state index in [-0.39, 0.29) is 45.0 Å². The second-order valence-corrected chi connectivity index (χ2v) is 13.1. The Labute approximate surface area is 237 Å². The standard InChI is InChI=1S/C23H27Cl2F3N4O5S2/c1-12(23(26,27)28)31-39(36,37)15-7-6-13(17(24)18(15)25)19-14(10-16(33)32-8-4-5-9-32)30-21(38-19)20(34)29-11-22(2,3)35/h6-7,12,31,35H,4-5,8-11H2,1-3H3,(H,29,34). The van der Waals surface area contributed by atoms with Gasteiger partial charge in [0.2, 0.25) is 15.9 Å². The van der Waals surface area contributed by atoms with Gasteiger partial charge in [0, 0.05) is 25.2 Å². The van der Waals surface area contributed by atoms with E-state index in [2.05, 4.69) is 10.3 Å². The SMILES string of the molecule is CC(NS(=O)(=O)c1ccc(-c2sc(C(=O)NCC(C)(C)O)nc2CC(=O)N2CCCC2)c(Cl)c1Cl)C(F)(F)F. The van der Waals surface area contributed by atoms with Crippen molar-refractivity contribution in [2.24, 2.45) is 0 Å². The first-order valence-electron chi connectivity index (χ1n) is 11.8. The number of halogens is 5. The largest absolute Gasteiger partial charge is 0.404 e. The van der Waals surface area contributed by atoms with Gasteiger partial charge >= 0.3 is 6.18 Å². The quantitative estimate of drug-likeness (QED) is 0.384. The number of sulfonamides is 1. The predicted molar refractivity (Wildman–Crippen MR) is 142 cm³/mol. The number of thiazole rings is 1. The van der Waals surface area contributed by atoms with Gasteiger partial charge in [0.15, 0.2) is 5.01 Å². The number of hydrogen-bond acceptors (Lipinski definition) is 7. The van der Waals surface area contributed by atoms with E-state index in [1.54, 1.807) is 4.90 Å². The molecule has 0 saturated carbocycles. The highest BCUT2D eigenvalue weighted by Gasteiger charge is 2.39. The molecule has 216 valence electrons. The maximum Gasteiger partial charge on any atom is 0.404 e. The van der Waals surface area contributed by atoms with Crippen molar-refractivity contribution in [3.05, 3.63) is 32.9 Å². The van der Waals surface area contributed by atoms with Crippen molar-refractivity contribution in [3.63, 3.8) is 0 Å². The molecule has 2 aromatic rings. The van der Waals surface area contributed by atoms with Crippen molar-refractivity contribution in [3.8, 4) is 10.4 Å². The van der Waals surface area contributed by atoms with E-state index in [9.17, 15) is 36.3 Å². The van der Waals surface area contributed by atoms with Gasteiger partial charge < -0.3 is 15.3 Å². The third kappa shape index (κ3) is 7.82. The van der Waals surface area contributed by atoms with Crippen LogP contribution in [0.15, 0.2) is 17.0 Å². The molecule has 2 amide bonds. The summed E-state index contributed by atoms with van der Waals surface area (Å²) in [7, 11) is -4.71. The van der Waals surface area contributed by atoms with Gasteiger partial charge in [-0.15, -0.1) is 11.3 Å². The lowest BCUT2D eigenvalue weighted by molar-refractivity contribution is -0.147. The molecule has 39 heavy (non-hydrogen) atoms. The van der Waals surface area contributed by atoms with E-state index >= 15 is 0 Å². The van der Waals surface area contributed by atoms with E-state index < -0.39 is 43.7 Å². The van der Waals surface area contributed by atoms with Gasteiger partial charge in [0.25, 0.3) is 5.91 Å². The van der Waals surface area contributed by atoms with E-state index in [4.69, 9.17) is 23.2 Å². The summed E-state index contributed by atoms with van der Waals surface area (Å²) in [6.45, 7) is 4.74. The lowest BCUT2D eigenvalue weighted by atomic mass is 10.1. The van der Waals surface area contributed by atoms with Crippen molar-refractivity contribution in [1.82, 2.24) is 19.9 Å². The fraction of sp³-hybridized carbons (Fsp3) is 0.522. The summed E-state index contributed by atoms with van der Waals surface area (Å²) in [5, 5.41) is 11.6. The number of nitrogens with zero attached hydrogens (tertiary/aromatic N) is 2. The zero-order valence-corrected chi connectivity index (χ0v) is 24.3. The zero-order valence-electron chi connectivity index (χ0n) is 21.2. The molecule has 0 spiro atoms. The number of alkyl halides is 3. The summed E-state index contributed by atoms with van der Waals surface area (Å²) in [4.78, 5) is 31.2. The van der Waals surface area contributed by atoms with Crippen molar-refractivity contribution >= 4 is 56.4 Å². The molecule has 0 radical (unpaired) electrons. The molecule has 1 aliphatic heterocycles. The van der Waals surface area contributed by atoms with Crippen LogP contribution < -0.4 is 10.0 Å². The molecule has 1 aromatic carbocycles. The fourth-order valence-electron chi connectivity index (χ4n) is 3.65. The molecule has 1 fully saturated rings. The summed E-state index contributed by atoms with van der Waals surface area (Å²) < 4.78 is 65.6. The first-order chi connectivity index (χ1) is 17.9. The Morgan fingerprint density at radius 1 is 1.18 bits per heavy atom. The summed E-state index contributed by atoms with van der Waals surface area (Å²) in [5.74, 6) is -0.843. The van der Waals surface area contributed by atoms with Crippen LogP contribution in [0.25, 0.3) is 10.4 Å². The molecule has 16 heteroatoms. The Kier molecular flexibility index (Phi) is 9.60. The maximum atomic E-state index is 12.9. The van der Waals surface area contributed by atoms with Crippen molar-refractivity contribution in [2.45, 2.75) is 62.7 Å². The molecule has 9 nitrogen and oxygen atoms in total. The summed E-state index contributed by atoms with van der Waals surface area (Å²) in [5.41, 5.74) is -0.851. The number of rotatable bonds is 9. The molecular weight excluding hydrogens is 604 g/mol. The minimum atomic E-state index is -4.83. The maximum absolute atomic E-state index is 12.9. The van der Waals surface area contributed by atoms with Gasteiger partial charge in [-0.3, -0.25) is 9.59 Å². The lowest BCUT2D eigenvalue weighted by Crippen LogP contribution is -2.43. The Bertz CT molecular complexity index is 1350. The van der Waals surface area contributed by atoms with Crippen LogP contribution in [-0.2, 0) is 21.2 Å². The zero-order chi connectivity index (χ0) is 29.3. The van der Waals surface area contributed by atoms with Crippen LogP contribution >= 0.6 is 34.5 Å². The molecule has 0 aliphatic carbocycles. The monoisotopic (exact) mass is 630 g/mol. The fourth-order valence-corrected chi connectivity index (χ4v) is 6.83. The lowest BCUT2D eigenvalue weighted by Gasteiger charge is -2.18. The van der Waals surface area contributed by atoms with E-state index in [0.29, 0.717) is 20.0 Å². The molecule has 2 heterocycles. The van der Waals surface area contributed by atoms with Crippen molar-refractivity contribution < 1.29 is 36.3 Å². The second kappa shape index (κ2) is 11.9. The number of likely N-dealkylation sites (tertiary alicyclic amines) is 1. The molecule has 3 rings (SSSR count). The minimum Gasteiger partial charge on any atom is -0.389 e. The van der Waals surface area contributed by atoms with Crippen LogP contribution in [0.4, 0.5) is 13.2 Å². The van der Waals surface area contributed by atoms with Gasteiger partial charge in [-0.05, 0) is 39.7 Å². The Hall–Kier alpha value is -1.97. The number of aliphatic hydroxyl groups is 1. The molecule has 1 aromatic heterocycles.